The molecule has 94 valence electrons. The molecule has 0 rings (SSSR count). The molecule has 0 aromatic rings. The number of rotatable bonds is 6. The second-order valence-corrected chi connectivity index (χ2v) is 3.93. The van der Waals surface area contributed by atoms with E-state index in [1.54, 1.807) is 7.05 Å². The van der Waals surface area contributed by atoms with E-state index in [1.165, 1.54) is 4.90 Å². The maximum Gasteiger partial charge on any atom is 0.334 e. The highest BCUT2D eigenvalue weighted by molar-refractivity contribution is 5.76. The molecule has 2 amide bonds. The summed E-state index contributed by atoms with van der Waals surface area (Å²) >= 11 is 0. The number of carboxylic acids is 1. The van der Waals surface area contributed by atoms with E-state index in [2.05, 4.69) is 5.32 Å². The van der Waals surface area contributed by atoms with Gasteiger partial charge in [0.25, 0.3) is 0 Å². The average molecular weight is 232 g/mol. The lowest BCUT2D eigenvalue weighted by molar-refractivity contribution is -0.146. The number of aliphatic hydroxyl groups excluding tert-OH is 1. The molecular weight excluding hydrogens is 212 g/mol. The Balaban J connectivity index is 3.92. The van der Waals surface area contributed by atoms with E-state index in [-0.39, 0.29) is 12.6 Å². The smallest absolute Gasteiger partial charge is 0.334 e. The Kier molecular flexibility index (Phi) is 6.48. The van der Waals surface area contributed by atoms with E-state index in [0.717, 1.165) is 6.42 Å². The molecule has 0 heterocycles. The minimum Gasteiger partial charge on any atom is -0.479 e. The van der Waals surface area contributed by atoms with Crippen LogP contribution in [0.1, 0.15) is 20.3 Å². The van der Waals surface area contributed by atoms with Crippen LogP contribution in [0, 0.1) is 5.92 Å². The van der Waals surface area contributed by atoms with E-state index >= 15 is 0 Å². The molecule has 0 aromatic carbocycles. The summed E-state index contributed by atoms with van der Waals surface area (Å²) in [6.45, 7) is 4.38. The van der Waals surface area contributed by atoms with Gasteiger partial charge in [-0.3, -0.25) is 0 Å². The van der Waals surface area contributed by atoms with Crippen molar-refractivity contribution in [1.82, 2.24) is 10.2 Å². The van der Waals surface area contributed by atoms with Crippen LogP contribution in [-0.4, -0.2) is 53.4 Å². The second-order valence-electron chi connectivity index (χ2n) is 3.93. The summed E-state index contributed by atoms with van der Waals surface area (Å²) in [5, 5.41) is 19.7. The van der Waals surface area contributed by atoms with Gasteiger partial charge < -0.3 is 20.4 Å². The first-order chi connectivity index (χ1) is 7.38. The van der Waals surface area contributed by atoms with Crippen molar-refractivity contribution in [2.45, 2.75) is 26.4 Å². The number of nitrogens with zero attached hydrogens (tertiary/aromatic N) is 1. The van der Waals surface area contributed by atoms with Crippen LogP contribution >= 0.6 is 0 Å². The van der Waals surface area contributed by atoms with Crippen LogP contribution in [0.15, 0.2) is 0 Å². The first kappa shape index (κ1) is 14.7. The monoisotopic (exact) mass is 232 g/mol. The summed E-state index contributed by atoms with van der Waals surface area (Å²) in [5.41, 5.74) is 0. The van der Waals surface area contributed by atoms with Gasteiger partial charge in [0.1, 0.15) is 0 Å². The molecule has 0 saturated carbocycles. The molecule has 3 N–H and O–H groups in total. The Labute approximate surface area is 95.2 Å². The van der Waals surface area contributed by atoms with Crippen molar-refractivity contribution in [3.63, 3.8) is 0 Å². The maximum absolute atomic E-state index is 11.4. The zero-order valence-corrected chi connectivity index (χ0v) is 9.93. The highest BCUT2D eigenvalue weighted by atomic mass is 16.4. The van der Waals surface area contributed by atoms with Gasteiger partial charge in [0.05, 0.1) is 6.54 Å². The summed E-state index contributed by atoms with van der Waals surface area (Å²) in [6.07, 6.45) is -0.587. The van der Waals surface area contributed by atoms with Gasteiger partial charge in [-0.25, -0.2) is 9.59 Å². The van der Waals surface area contributed by atoms with Crippen LogP contribution in [0.25, 0.3) is 0 Å². The van der Waals surface area contributed by atoms with Crippen LogP contribution in [0.3, 0.4) is 0 Å². The fraction of sp³-hybridized carbons (Fsp3) is 0.800. The first-order valence-corrected chi connectivity index (χ1v) is 5.28. The van der Waals surface area contributed by atoms with Gasteiger partial charge in [-0.05, 0) is 5.92 Å². The molecule has 0 spiro atoms. The lowest BCUT2D eigenvalue weighted by atomic mass is 10.1. The SMILES string of the molecule is CCC(C)CN(C)C(=O)NC[C@H](O)C(=O)O. The Morgan fingerprint density at radius 1 is 1.44 bits per heavy atom. The Hall–Kier alpha value is -1.30. The van der Waals surface area contributed by atoms with E-state index in [1.807, 2.05) is 13.8 Å². The normalized spacial score (nSPS) is 14.0. The van der Waals surface area contributed by atoms with Crippen molar-refractivity contribution in [3.8, 4) is 0 Å². The second kappa shape index (κ2) is 7.05. The fourth-order valence-electron chi connectivity index (χ4n) is 1.09. The molecule has 0 fully saturated rings. The molecular formula is C10H20N2O4. The van der Waals surface area contributed by atoms with Gasteiger partial charge >= 0.3 is 12.0 Å². The average Bonchev–Trinajstić information content (AvgIpc) is 2.24. The van der Waals surface area contributed by atoms with Gasteiger partial charge in [0.2, 0.25) is 0 Å². The Morgan fingerprint density at radius 2 is 2.00 bits per heavy atom. The van der Waals surface area contributed by atoms with Gasteiger partial charge in [-0.15, -0.1) is 0 Å². The lowest BCUT2D eigenvalue weighted by Crippen LogP contribution is -2.44. The van der Waals surface area contributed by atoms with E-state index < -0.39 is 12.1 Å². The maximum atomic E-state index is 11.4. The molecule has 0 saturated heterocycles. The third-order valence-corrected chi connectivity index (χ3v) is 2.36. The summed E-state index contributed by atoms with van der Waals surface area (Å²) in [5.74, 6) is -0.954. The first-order valence-electron chi connectivity index (χ1n) is 5.28. The summed E-state index contributed by atoms with van der Waals surface area (Å²) in [7, 11) is 1.63. The number of amides is 2. The molecule has 0 radical (unpaired) electrons. The van der Waals surface area contributed by atoms with E-state index in [0.29, 0.717) is 12.5 Å². The Morgan fingerprint density at radius 3 is 2.44 bits per heavy atom. The molecule has 16 heavy (non-hydrogen) atoms. The number of hydrogen-bond donors (Lipinski definition) is 3. The predicted octanol–water partition coefficient (Wildman–Crippen LogP) is 0.119. The van der Waals surface area contributed by atoms with Crippen molar-refractivity contribution >= 4 is 12.0 Å². The zero-order valence-electron chi connectivity index (χ0n) is 9.93. The number of hydrogen-bond acceptors (Lipinski definition) is 3. The topological polar surface area (TPSA) is 89.9 Å². The standard InChI is InChI=1S/C10H20N2O4/c1-4-7(2)6-12(3)10(16)11-5-8(13)9(14)15/h7-8,13H,4-6H2,1-3H3,(H,11,16)(H,14,15)/t7?,8-/m0/s1. The molecule has 1 unspecified atom stereocenters. The van der Waals surface area contributed by atoms with Crippen LogP contribution < -0.4 is 5.32 Å². The number of carbonyl (C=O) groups excluding carboxylic acids is 1. The predicted molar refractivity (Wildman–Crippen MR) is 59.1 cm³/mol. The Bertz CT molecular complexity index is 245. The highest BCUT2D eigenvalue weighted by Crippen LogP contribution is 2.02. The molecule has 0 aliphatic rings. The van der Waals surface area contributed by atoms with Crippen molar-refractivity contribution < 1.29 is 19.8 Å². The van der Waals surface area contributed by atoms with Crippen LogP contribution in [0.2, 0.25) is 0 Å². The van der Waals surface area contributed by atoms with E-state index in [9.17, 15) is 9.59 Å². The summed E-state index contributed by atoms with van der Waals surface area (Å²) in [4.78, 5) is 23.2. The van der Waals surface area contributed by atoms with Crippen molar-refractivity contribution in [2.24, 2.45) is 5.92 Å². The third kappa shape index (κ3) is 5.55. The third-order valence-electron chi connectivity index (χ3n) is 2.36. The number of aliphatic hydroxyl groups is 1. The van der Waals surface area contributed by atoms with Crippen molar-refractivity contribution in [2.75, 3.05) is 20.1 Å². The highest BCUT2D eigenvalue weighted by Gasteiger charge is 2.16. The summed E-state index contributed by atoms with van der Waals surface area (Å²) in [6, 6.07) is -0.374. The number of carboxylic acid groups (broad SMARTS) is 1. The lowest BCUT2D eigenvalue weighted by Gasteiger charge is -2.21. The van der Waals surface area contributed by atoms with Crippen LogP contribution in [0.4, 0.5) is 4.79 Å². The minimum absolute atomic E-state index is 0.279. The molecule has 0 bridgehead atoms. The zero-order chi connectivity index (χ0) is 12.7. The minimum atomic E-state index is -1.55. The number of carbonyl (C=O) groups is 2. The fourth-order valence-corrected chi connectivity index (χ4v) is 1.09. The molecule has 0 aliphatic heterocycles. The molecule has 0 aromatic heterocycles. The molecule has 2 atom stereocenters. The van der Waals surface area contributed by atoms with Crippen LogP contribution in [0.5, 0.6) is 0 Å². The number of nitrogens with one attached hydrogen (secondary N) is 1. The van der Waals surface area contributed by atoms with Crippen molar-refractivity contribution in [1.29, 1.82) is 0 Å². The van der Waals surface area contributed by atoms with Gasteiger partial charge in [-0.1, -0.05) is 20.3 Å². The van der Waals surface area contributed by atoms with Gasteiger partial charge in [0.15, 0.2) is 6.10 Å². The van der Waals surface area contributed by atoms with E-state index in [4.69, 9.17) is 10.2 Å². The van der Waals surface area contributed by atoms with Crippen LogP contribution in [-0.2, 0) is 4.79 Å². The van der Waals surface area contributed by atoms with Gasteiger partial charge in [0, 0.05) is 13.6 Å². The largest absolute Gasteiger partial charge is 0.479 e. The number of aliphatic carboxylic acids is 1. The van der Waals surface area contributed by atoms with Crippen molar-refractivity contribution in [3.05, 3.63) is 0 Å². The molecule has 6 nitrogen and oxygen atoms in total. The summed E-state index contributed by atoms with van der Waals surface area (Å²) < 4.78 is 0. The molecule has 0 aliphatic carbocycles. The molecule has 6 heteroatoms. The number of urea groups is 1. The van der Waals surface area contributed by atoms with Gasteiger partial charge in [-0.2, -0.15) is 0 Å². The quantitative estimate of drug-likeness (QED) is 0.606.